The molecule has 2 heterocycles. The Kier molecular flexibility index (Phi) is 9.78. The summed E-state index contributed by atoms with van der Waals surface area (Å²) in [5.74, 6) is -2.57. The van der Waals surface area contributed by atoms with Gasteiger partial charge in [-0.25, -0.2) is 4.79 Å². The molecule has 0 saturated heterocycles. The second-order valence-corrected chi connectivity index (χ2v) is 11.8. The van der Waals surface area contributed by atoms with Crippen molar-refractivity contribution in [2.24, 2.45) is 0 Å². The van der Waals surface area contributed by atoms with Crippen molar-refractivity contribution < 1.29 is 63.9 Å². The van der Waals surface area contributed by atoms with Gasteiger partial charge >= 0.3 is 5.97 Å². The summed E-state index contributed by atoms with van der Waals surface area (Å²) in [4.78, 5) is 24.9. The Morgan fingerprint density at radius 2 is 1.43 bits per heavy atom. The van der Waals surface area contributed by atoms with Crippen molar-refractivity contribution in [2.75, 3.05) is 14.2 Å². The third-order valence-corrected chi connectivity index (χ3v) is 8.35. The minimum atomic E-state index is -1.06. The lowest BCUT2D eigenvalue weighted by Gasteiger charge is -2.34. The first-order chi connectivity index (χ1) is 25.3. The summed E-state index contributed by atoms with van der Waals surface area (Å²) in [5, 5.41) is 68.8. The number of ether oxygens (including phenoxy) is 4. The van der Waals surface area contributed by atoms with Crippen molar-refractivity contribution in [1.82, 2.24) is 0 Å². The number of benzene rings is 5. The van der Waals surface area contributed by atoms with E-state index in [-0.39, 0.29) is 46.0 Å². The van der Waals surface area contributed by atoms with Gasteiger partial charge < -0.3 is 59.1 Å². The number of esters is 1. The molecule has 0 fully saturated rings. The molecule has 14 nitrogen and oxygen atoms in total. The fraction of sp³-hybridized carbons (Fsp3) is 0.128. The second-order valence-electron chi connectivity index (χ2n) is 11.8. The molecule has 272 valence electrons. The Labute approximate surface area is 300 Å². The molecule has 0 amide bonds. The van der Waals surface area contributed by atoms with E-state index in [9.17, 15) is 45.3 Å². The van der Waals surface area contributed by atoms with Gasteiger partial charge in [0.2, 0.25) is 0 Å². The topological polar surface area (TPSA) is 226 Å². The zero-order chi connectivity index (χ0) is 38.0. The van der Waals surface area contributed by atoms with E-state index in [0.29, 0.717) is 33.8 Å². The van der Waals surface area contributed by atoms with Crippen LogP contribution >= 0.6 is 0 Å². The molecule has 0 radical (unpaired) electrons. The van der Waals surface area contributed by atoms with Gasteiger partial charge in [-0.1, -0.05) is 18.2 Å². The van der Waals surface area contributed by atoms with E-state index in [4.69, 9.17) is 23.4 Å². The van der Waals surface area contributed by atoms with E-state index in [2.05, 4.69) is 0 Å². The van der Waals surface area contributed by atoms with E-state index >= 15 is 0 Å². The molecule has 6 aromatic rings. The van der Waals surface area contributed by atoms with Crippen LogP contribution < -0.4 is 19.6 Å². The van der Waals surface area contributed by atoms with Crippen LogP contribution in [-0.4, -0.2) is 62.0 Å². The number of phenols is 7. The van der Waals surface area contributed by atoms with Crippen molar-refractivity contribution in [3.8, 4) is 68.8 Å². The van der Waals surface area contributed by atoms with Gasteiger partial charge in [0, 0.05) is 47.4 Å². The van der Waals surface area contributed by atoms with Crippen LogP contribution in [0.5, 0.6) is 57.5 Å². The van der Waals surface area contributed by atoms with Gasteiger partial charge in [0.05, 0.1) is 25.2 Å². The Morgan fingerprint density at radius 1 is 0.717 bits per heavy atom. The second kappa shape index (κ2) is 14.6. The molecule has 7 rings (SSSR count). The number of phenolic OH excluding ortho intramolecular Hbond substituents is 7. The van der Waals surface area contributed by atoms with Crippen molar-refractivity contribution in [3.05, 3.63) is 118 Å². The first kappa shape index (κ1) is 35.6. The van der Waals surface area contributed by atoms with Gasteiger partial charge in [-0.15, -0.1) is 0 Å². The average molecular weight is 725 g/mol. The largest absolute Gasteiger partial charge is 0.508 e. The molecule has 2 unspecified atom stereocenters. The van der Waals surface area contributed by atoms with Crippen LogP contribution in [0, 0.1) is 0 Å². The molecule has 1 aromatic heterocycles. The van der Waals surface area contributed by atoms with Crippen molar-refractivity contribution >= 4 is 16.9 Å². The van der Waals surface area contributed by atoms with Crippen molar-refractivity contribution in [3.63, 3.8) is 0 Å². The average Bonchev–Trinajstić information content (AvgIpc) is 3.14. The summed E-state index contributed by atoms with van der Waals surface area (Å²) in [7, 11) is 3.17. The quantitative estimate of drug-likeness (QED) is 0.0772. The molecule has 0 bridgehead atoms. The predicted octanol–water partition coefficient (Wildman–Crippen LogP) is 6.00. The minimum Gasteiger partial charge on any atom is -0.508 e. The highest BCUT2D eigenvalue weighted by atomic mass is 16.6. The fourth-order valence-corrected chi connectivity index (χ4v) is 5.66. The normalized spacial score (nSPS) is 14.6. The molecule has 5 aromatic carbocycles. The highest BCUT2D eigenvalue weighted by Crippen LogP contribution is 2.44. The molecule has 2 atom stereocenters. The summed E-state index contributed by atoms with van der Waals surface area (Å²) in [6.07, 6.45) is -2.12. The Bertz CT molecular complexity index is 2380. The zero-order valence-corrected chi connectivity index (χ0v) is 28.0. The first-order valence-corrected chi connectivity index (χ1v) is 15.8. The number of fused-ring (bicyclic) bond motifs is 2. The Morgan fingerprint density at radius 3 is 2.13 bits per heavy atom. The lowest BCUT2D eigenvalue weighted by Crippen LogP contribution is -2.34. The summed E-state index contributed by atoms with van der Waals surface area (Å²) >= 11 is 0. The minimum absolute atomic E-state index is 0.0461. The summed E-state index contributed by atoms with van der Waals surface area (Å²) in [6, 6.07) is 22.1. The van der Waals surface area contributed by atoms with Crippen LogP contribution in [0.1, 0.15) is 27.6 Å². The number of aromatic hydroxyl groups is 7. The number of carbonyl (C=O) groups excluding carboxylic acids is 1. The van der Waals surface area contributed by atoms with Crippen molar-refractivity contribution in [2.45, 2.75) is 18.6 Å². The van der Waals surface area contributed by atoms with E-state index in [1.807, 2.05) is 24.3 Å². The first-order valence-electron chi connectivity index (χ1n) is 15.8. The third kappa shape index (κ3) is 7.46. The smallest absolute Gasteiger partial charge is 0.338 e. The predicted molar refractivity (Wildman–Crippen MR) is 188 cm³/mol. The highest BCUT2D eigenvalue weighted by molar-refractivity contribution is 5.91. The number of carbonyl (C=O) groups is 1. The molecule has 14 heteroatoms. The van der Waals surface area contributed by atoms with Crippen molar-refractivity contribution in [1.29, 1.82) is 0 Å². The molecule has 0 aliphatic carbocycles. The molecular formula is C39H32O14. The number of hydrogen-bond acceptors (Lipinski definition) is 14. The van der Waals surface area contributed by atoms with E-state index in [1.54, 1.807) is 32.4 Å². The standard InChI is InChI=1S/C22H18O10.C17H14O4/c23-11-6-14(25)12-8-19(32-22(30)10-4-16(27)20(29)17(28)5-10)21(31-18(12)7-11)9-1-2-13(24)15(26)3-9;1-19-12-5-3-4-11(8-12)16-10-15(18)14-7-6-13(20-2)9-17(14)21-16/h1-7,19,21,23-29H,8H2;3-10H,1-2H3. The highest BCUT2D eigenvalue weighted by Gasteiger charge is 2.37. The summed E-state index contributed by atoms with van der Waals surface area (Å²) < 4.78 is 27.6. The molecule has 7 N–H and O–H groups in total. The summed E-state index contributed by atoms with van der Waals surface area (Å²) in [5.41, 5.74) is 1.53. The molecule has 1 aliphatic heterocycles. The number of rotatable bonds is 6. The van der Waals surface area contributed by atoms with Crippen LogP contribution in [0.25, 0.3) is 22.3 Å². The van der Waals surface area contributed by atoms with E-state index in [0.717, 1.165) is 23.8 Å². The maximum Gasteiger partial charge on any atom is 0.338 e. The number of methoxy groups -OCH3 is 2. The maximum absolute atomic E-state index is 12.7. The van der Waals surface area contributed by atoms with Crippen LogP contribution in [0.3, 0.4) is 0 Å². The van der Waals surface area contributed by atoms with E-state index < -0.39 is 41.2 Å². The lowest BCUT2D eigenvalue weighted by atomic mass is 9.93. The maximum atomic E-state index is 12.7. The van der Waals surface area contributed by atoms with Crippen LogP contribution in [0.4, 0.5) is 0 Å². The Balaban J connectivity index is 0.000000198. The Hall–Kier alpha value is -7.22. The van der Waals surface area contributed by atoms with Crippen LogP contribution in [-0.2, 0) is 11.2 Å². The van der Waals surface area contributed by atoms with Gasteiger partial charge in [-0.3, -0.25) is 4.79 Å². The third-order valence-electron chi connectivity index (χ3n) is 8.35. The van der Waals surface area contributed by atoms with Gasteiger partial charge in [0.1, 0.15) is 46.2 Å². The fourth-order valence-electron chi connectivity index (χ4n) is 5.66. The molecule has 0 spiro atoms. The van der Waals surface area contributed by atoms with Crippen LogP contribution in [0.15, 0.2) is 100 Å². The van der Waals surface area contributed by atoms with Gasteiger partial charge in [0.15, 0.2) is 40.3 Å². The lowest BCUT2D eigenvalue weighted by molar-refractivity contribution is -0.0189. The number of hydrogen-bond donors (Lipinski definition) is 7. The van der Waals surface area contributed by atoms with Gasteiger partial charge in [-0.05, 0) is 48.5 Å². The van der Waals surface area contributed by atoms with Gasteiger partial charge in [-0.2, -0.15) is 0 Å². The summed E-state index contributed by atoms with van der Waals surface area (Å²) in [6.45, 7) is 0. The molecule has 0 saturated carbocycles. The van der Waals surface area contributed by atoms with Crippen LogP contribution in [0.2, 0.25) is 0 Å². The van der Waals surface area contributed by atoms with Gasteiger partial charge in [0.25, 0.3) is 0 Å². The van der Waals surface area contributed by atoms with E-state index in [1.165, 1.54) is 30.3 Å². The SMILES string of the molecule is COc1cccc(-c2cc(=O)c3ccc(OC)cc3o2)c1.O=C(OC1Cc2c(O)cc(O)cc2OC1c1ccc(O)c(O)c1)c1cc(O)c(O)c(O)c1. The molecule has 53 heavy (non-hydrogen) atoms. The molecule has 1 aliphatic rings. The molecular weight excluding hydrogens is 692 g/mol. The zero-order valence-electron chi connectivity index (χ0n) is 28.0. The monoisotopic (exact) mass is 724 g/mol.